The third kappa shape index (κ3) is 6.12. The highest BCUT2D eigenvalue weighted by Crippen LogP contribution is 2.47. The molecule has 1 N–H and O–H groups in total. The van der Waals surface area contributed by atoms with Gasteiger partial charge in [0, 0.05) is 40.4 Å². The summed E-state index contributed by atoms with van der Waals surface area (Å²) in [7, 11) is 0. The normalized spacial score (nSPS) is 18.5. The molecule has 236 valence electrons. The van der Waals surface area contributed by atoms with Crippen LogP contribution in [0.4, 0.5) is 30.7 Å². The van der Waals surface area contributed by atoms with Gasteiger partial charge in [-0.3, -0.25) is 9.78 Å². The fourth-order valence-electron chi connectivity index (χ4n) is 5.17. The number of ether oxygens (including phenoxy) is 2. The Morgan fingerprint density at radius 1 is 1.13 bits per heavy atom. The Bertz CT molecular complexity index is 1760. The minimum absolute atomic E-state index is 0.0148. The number of aromatic nitrogens is 2. The van der Waals surface area contributed by atoms with Gasteiger partial charge in [0.05, 0.1) is 17.2 Å². The van der Waals surface area contributed by atoms with Gasteiger partial charge in [0.15, 0.2) is 0 Å². The maximum atomic E-state index is 14.6. The summed E-state index contributed by atoms with van der Waals surface area (Å²) in [6, 6.07) is 9.75. The fourth-order valence-corrected chi connectivity index (χ4v) is 5.17. The van der Waals surface area contributed by atoms with Gasteiger partial charge < -0.3 is 14.8 Å². The summed E-state index contributed by atoms with van der Waals surface area (Å²) in [5.74, 6) is -3.55. The van der Waals surface area contributed by atoms with Crippen LogP contribution in [0.5, 0.6) is 11.5 Å². The van der Waals surface area contributed by atoms with Crippen LogP contribution in [-0.2, 0) is 5.41 Å². The molecule has 45 heavy (non-hydrogen) atoms. The van der Waals surface area contributed by atoms with Crippen molar-refractivity contribution < 1.29 is 45.0 Å². The second-order valence-corrected chi connectivity index (χ2v) is 11.5. The lowest BCUT2D eigenvalue weighted by molar-refractivity contribution is -0.149. The molecule has 2 aromatic carbocycles. The smallest absolute Gasteiger partial charge is 0.398 e. The van der Waals surface area contributed by atoms with Crippen LogP contribution in [0, 0.1) is 5.82 Å². The average molecular weight is 634 g/mol. The van der Waals surface area contributed by atoms with E-state index in [2.05, 4.69) is 15.3 Å². The minimum atomic E-state index is -4.90. The van der Waals surface area contributed by atoms with Gasteiger partial charge in [-0.15, -0.1) is 0 Å². The highest BCUT2D eigenvalue weighted by molar-refractivity contribution is 6.00. The summed E-state index contributed by atoms with van der Waals surface area (Å²) in [6.45, 7) is -0.497. The highest BCUT2D eigenvalue weighted by Gasteiger charge is 2.45. The summed E-state index contributed by atoms with van der Waals surface area (Å²) in [6.07, 6.45) is -5.37. The third-order valence-corrected chi connectivity index (χ3v) is 7.91. The van der Waals surface area contributed by atoms with Gasteiger partial charge >= 0.3 is 6.18 Å². The van der Waals surface area contributed by atoms with Crippen molar-refractivity contribution in [2.45, 2.75) is 49.8 Å². The highest BCUT2D eigenvalue weighted by atomic mass is 19.4. The number of carbonyl (C=O) groups is 1. The molecular weight excluding hydrogens is 607 g/mol. The Kier molecular flexibility index (Phi) is 7.82. The van der Waals surface area contributed by atoms with E-state index in [-0.39, 0.29) is 57.5 Å². The lowest BCUT2D eigenvalue weighted by Gasteiger charge is -2.24. The molecule has 1 aliphatic heterocycles. The van der Waals surface area contributed by atoms with Crippen molar-refractivity contribution in [2.75, 3.05) is 19.8 Å². The van der Waals surface area contributed by atoms with Crippen molar-refractivity contribution in [2.24, 2.45) is 0 Å². The molecule has 0 saturated heterocycles. The monoisotopic (exact) mass is 633 g/mol. The van der Waals surface area contributed by atoms with Crippen molar-refractivity contribution in [1.82, 2.24) is 15.3 Å². The van der Waals surface area contributed by atoms with Crippen LogP contribution >= 0.6 is 0 Å². The Hall–Kier alpha value is -4.42. The largest absolute Gasteiger partial charge is 0.490 e. The lowest BCUT2D eigenvalue weighted by atomic mass is 9.84. The number of fused-ring (bicyclic) bond motifs is 2. The molecule has 6 rings (SSSR count). The Balaban J connectivity index is 1.35. The first-order valence-corrected chi connectivity index (χ1v) is 14.1. The SMILES string of the molecule is CC1(CF)COc2c1cc(C(CNC(=O)c1cc(OC3CC3)c3ncc(C(F)F)cc3c1)C(F)(F)F)nc2-c1ccc(F)cc1. The van der Waals surface area contributed by atoms with Gasteiger partial charge in [-0.1, -0.05) is 0 Å². The molecule has 3 heterocycles. The van der Waals surface area contributed by atoms with E-state index in [0.717, 1.165) is 43.3 Å². The van der Waals surface area contributed by atoms with Crippen LogP contribution in [0.3, 0.4) is 0 Å². The summed E-state index contributed by atoms with van der Waals surface area (Å²) < 4.78 is 110. The van der Waals surface area contributed by atoms with E-state index >= 15 is 0 Å². The zero-order valence-corrected chi connectivity index (χ0v) is 23.7. The van der Waals surface area contributed by atoms with Gasteiger partial charge in [-0.2, -0.15) is 13.2 Å². The van der Waals surface area contributed by atoms with Crippen molar-refractivity contribution >= 4 is 16.8 Å². The van der Waals surface area contributed by atoms with Crippen LogP contribution in [0.1, 0.15) is 59.3 Å². The molecule has 1 fully saturated rings. The minimum Gasteiger partial charge on any atom is -0.490 e. The van der Waals surface area contributed by atoms with Gasteiger partial charge in [0.2, 0.25) is 0 Å². The first-order chi connectivity index (χ1) is 21.4. The zero-order chi connectivity index (χ0) is 32.1. The fraction of sp³-hybridized carbons (Fsp3) is 0.344. The maximum Gasteiger partial charge on any atom is 0.398 e. The molecule has 4 aromatic rings. The van der Waals surface area contributed by atoms with Gasteiger partial charge in [0.1, 0.15) is 47.7 Å². The standard InChI is InChI=1S/C32H26F7N3O3/c1-31(14-33)15-44-28-22(31)11-24(42-27(28)16-2-4-20(34)5-3-16)23(32(37,38)39)13-41-30(43)18-8-17-9-19(29(35)36)12-40-26(17)25(10-18)45-21-6-7-21/h2-5,8-12,21,23,29H,6-7,13-15H2,1H3,(H,41,43). The predicted octanol–water partition coefficient (Wildman–Crippen LogP) is 7.61. The third-order valence-electron chi connectivity index (χ3n) is 7.91. The first-order valence-electron chi connectivity index (χ1n) is 14.1. The van der Waals surface area contributed by atoms with Crippen LogP contribution in [0.25, 0.3) is 22.2 Å². The average Bonchev–Trinajstić information content (AvgIpc) is 3.76. The molecule has 1 amide bonds. The Morgan fingerprint density at radius 3 is 2.51 bits per heavy atom. The van der Waals surface area contributed by atoms with E-state index in [1.54, 1.807) is 0 Å². The molecule has 0 spiro atoms. The second kappa shape index (κ2) is 11.5. The molecule has 6 nitrogen and oxygen atoms in total. The Morgan fingerprint density at radius 2 is 1.87 bits per heavy atom. The van der Waals surface area contributed by atoms with Crippen molar-refractivity contribution in [3.63, 3.8) is 0 Å². The molecule has 0 bridgehead atoms. The first kappa shape index (κ1) is 30.6. The van der Waals surface area contributed by atoms with E-state index in [1.165, 1.54) is 31.2 Å². The molecule has 2 unspecified atom stereocenters. The van der Waals surface area contributed by atoms with Gasteiger partial charge in [-0.05, 0) is 68.3 Å². The number of halogens is 7. The topological polar surface area (TPSA) is 73.3 Å². The van der Waals surface area contributed by atoms with Crippen LogP contribution in [-0.4, -0.2) is 48.0 Å². The molecule has 13 heteroatoms. The van der Waals surface area contributed by atoms with Crippen LogP contribution < -0.4 is 14.8 Å². The summed E-state index contributed by atoms with van der Waals surface area (Å²) in [5.41, 5.74) is -1.59. The van der Waals surface area contributed by atoms with Gasteiger partial charge in [0.25, 0.3) is 12.3 Å². The maximum absolute atomic E-state index is 14.6. The molecule has 0 radical (unpaired) electrons. The predicted molar refractivity (Wildman–Crippen MR) is 150 cm³/mol. The molecule has 1 saturated carbocycles. The van der Waals surface area contributed by atoms with Crippen molar-refractivity contribution in [1.29, 1.82) is 0 Å². The molecular formula is C32H26F7N3O3. The number of nitrogens with zero attached hydrogens (tertiary/aromatic N) is 2. The number of pyridine rings is 2. The second-order valence-electron chi connectivity index (χ2n) is 11.5. The number of benzene rings is 2. The summed E-state index contributed by atoms with van der Waals surface area (Å²) in [5, 5.41) is 2.46. The van der Waals surface area contributed by atoms with Crippen molar-refractivity contribution in [3.8, 4) is 22.8 Å². The lowest BCUT2D eigenvalue weighted by Crippen LogP contribution is -2.36. The quantitative estimate of drug-likeness (QED) is 0.192. The molecule has 2 atom stereocenters. The van der Waals surface area contributed by atoms with Gasteiger partial charge in [-0.25, -0.2) is 22.5 Å². The van der Waals surface area contributed by atoms with Crippen LogP contribution in [0.2, 0.25) is 0 Å². The van der Waals surface area contributed by atoms with E-state index in [9.17, 15) is 35.5 Å². The van der Waals surface area contributed by atoms with E-state index in [1.807, 2.05) is 0 Å². The molecule has 2 aliphatic rings. The Labute approximate surface area is 252 Å². The number of rotatable bonds is 9. The zero-order valence-electron chi connectivity index (χ0n) is 23.7. The number of alkyl halides is 6. The molecule has 2 aromatic heterocycles. The number of carbonyl (C=O) groups excluding carboxylic acids is 1. The number of hydrogen-bond acceptors (Lipinski definition) is 5. The summed E-state index contributed by atoms with van der Waals surface area (Å²) in [4.78, 5) is 21.6. The molecule has 1 aliphatic carbocycles. The number of hydrogen-bond donors (Lipinski definition) is 1. The van der Waals surface area contributed by atoms with E-state index in [4.69, 9.17) is 9.47 Å². The number of nitrogens with one attached hydrogen (secondary N) is 1. The summed E-state index contributed by atoms with van der Waals surface area (Å²) >= 11 is 0. The van der Waals surface area contributed by atoms with E-state index in [0.29, 0.717) is 0 Å². The number of amides is 1. The van der Waals surface area contributed by atoms with E-state index < -0.39 is 60.1 Å². The van der Waals surface area contributed by atoms with Crippen LogP contribution in [0.15, 0.2) is 54.7 Å². The van der Waals surface area contributed by atoms with Crippen molar-refractivity contribution in [3.05, 3.63) is 82.9 Å².